The van der Waals surface area contributed by atoms with Crippen LogP contribution < -0.4 is 5.32 Å². The molecule has 0 saturated heterocycles. The van der Waals surface area contributed by atoms with E-state index >= 15 is 0 Å². The summed E-state index contributed by atoms with van der Waals surface area (Å²) < 4.78 is 50.7. The summed E-state index contributed by atoms with van der Waals surface area (Å²) in [5.74, 6) is -0.605. The van der Waals surface area contributed by atoms with Crippen molar-refractivity contribution >= 4 is 25.8 Å². The van der Waals surface area contributed by atoms with Crippen LogP contribution in [0, 0.1) is 0 Å². The predicted molar refractivity (Wildman–Crippen MR) is 112 cm³/mol. The maximum atomic E-state index is 12.5. The van der Waals surface area contributed by atoms with Gasteiger partial charge in [-0.15, -0.1) is 0 Å². The van der Waals surface area contributed by atoms with E-state index < -0.39 is 25.8 Å². The first-order valence-electron chi connectivity index (χ1n) is 9.17. The van der Waals surface area contributed by atoms with Gasteiger partial charge in [0.2, 0.25) is 10.0 Å². The van der Waals surface area contributed by atoms with Crippen molar-refractivity contribution in [2.75, 3.05) is 12.8 Å². The number of rotatable bonds is 8. The molecule has 2 aromatic carbocycles. The molecule has 29 heavy (non-hydrogen) atoms. The van der Waals surface area contributed by atoms with Crippen molar-refractivity contribution in [1.29, 1.82) is 0 Å². The van der Waals surface area contributed by atoms with Crippen LogP contribution in [0.2, 0.25) is 0 Å². The minimum Gasteiger partial charge on any atom is -0.348 e. The molecule has 0 heterocycles. The van der Waals surface area contributed by atoms with E-state index in [0.29, 0.717) is 5.56 Å². The van der Waals surface area contributed by atoms with E-state index in [-0.39, 0.29) is 33.7 Å². The topological polar surface area (TPSA) is 101 Å². The molecule has 9 heteroatoms. The fourth-order valence-corrected chi connectivity index (χ4v) is 5.04. The van der Waals surface area contributed by atoms with Crippen molar-refractivity contribution in [2.45, 2.75) is 43.1 Å². The van der Waals surface area contributed by atoms with Crippen molar-refractivity contribution in [3.63, 3.8) is 0 Å². The van der Waals surface area contributed by atoms with Gasteiger partial charge in [0.1, 0.15) is 0 Å². The molecule has 0 aliphatic heterocycles. The number of hydrogen-bond donors (Lipinski definition) is 1. The Labute approximate surface area is 172 Å². The number of nitrogens with one attached hydrogen (secondary N) is 1. The van der Waals surface area contributed by atoms with Crippen molar-refractivity contribution in [1.82, 2.24) is 9.62 Å². The second kappa shape index (κ2) is 9.06. The van der Waals surface area contributed by atoms with Gasteiger partial charge in [-0.3, -0.25) is 4.79 Å². The van der Waals surface area contributed by atoms with Gasteiger partial charge in [-0.1, -0.05) is 31.2 Å². The molecular formula is C20H26N2O5S2. The molecule has 0 bridgehead atoms. The van der Waals surface area contributed by atoms with E-state index in [1.54, 1.807) is 38.1 Å². The van der Waals surface area contributed by atoms with Crippen LogP contribution in [0.15, 0.2) is 58.3 Å². The highest BCUT2D eigenvalue weighted by Crippen LogP contribution is 2.19. The average Bonchev–Trinajstić information content (AvgIpc) is 2.71. The van der Waals surface area contributed by atoms with Crippen molar-refractivity contribution < 1.29 is 21.6 Å². The molecule has 1 amide bonds. The maximum Gasteiger partial charge on any atom is 0.252 e. The normalized spacial score (nSPS) is 12.3. The summed E-state index contributed by atoms with van der Waals surface area (Å²) in [7, 11) is -5.58. The molecule has 2 aromatic rings. The Morgan fingerprint density at radius 2 is 1.59 bits per heavy atom. The molecule has 0 saturated carbocycles. The molecule has 158 valence electrons. The second-order valence-electron chi connectivity index (χ2n) is 6.84. The number of hydrogen-bond acceptors (Lipinski definition) is 5. The van der Waals surface area contributed by atoms with Crippen LogP contribution in [-0.4, -0.2) is 45.9 Å². The Morgan fingerprint density at radius 3 is 2.14 bits per heavy atom. The molecular weight excluding hydrogens is 412 g/mol. The lowest BCUT2D eigenvalue weighted by Gasteiger charge is -2.21. The van der Waals surface area contributed by atoms with Gasteiger partial charge in [0.15, 0.2) is 9.84 Å². The summed E-state index contributed by atoms with van der Waals surface area (Å²) >= 11 is 0. The van der Waals surface area contributed by atoms with Gasteiger partial charge in [-0.05, 0) is 43.7 Å². The SMILES string of the molecule is CCS(=O)(=O)c1ccccc1C(=O)NCc1ccc(S(=O)(=O)N(C)C(C)C)cc1. The molecule has 0 aliphatic carbocycles. The fourth-order valence-electron chi connectivity index (χ4n) is 2.58. The lowest BCUT2D eigenvalue weighted by molar-refractivity contribution is 0.0947. The van der Waals surface area contributed by atoms with Gasteiger partial charge < -0.3 is 5.32 Å². The minimum absolute atomic E-state index is 0.00170. The van der Waals surface area contributed by atoms with E-state index in [1.807, 2.05) is 0 Å². The maximum absolute atomic E-state index is 12.5. The summed E-state index contributed by atoms with van der Waals surface area (Å²) in [6.45, 7) is 5.24. The van der Waals surface area contributed by atoms with Gasteiger partial charge in [-0.25, -0.2) is 16.8 Å². The Morgan fingerprint density at radius 1 is 1.00 bits per heavy atom. The fraction of sp³-hybridized carbons (Fsp3) is 0.350. The molecule has 0 aromatic heterocycles. The van der Waals surface area contributed by atoms with Crippen LogP contribution in [0.1, 0.15) is 36.7 Å². The Balaban J connectivity index is 2.15. The van der Waals surface area contributed by atoms with Crippen LogP contribution >= 0.6 is 0 Å². The number of carbonyl (C=O) groups is 1. The molecule has 0 spiro atoms. The average molecular weight is 439 g/mol. The van der Waals surface area contributed by atoms with Gasteiger partial charge in [0, 0.05) is 19.6 Å². The van der Waals surface area contributed by atoms with Crippen molar-refractivity contribution in [3.05, 3.63) is 59.7 Å². The third-order valence-electron chi connectivity index (χ3n) is 4.63. The van der Waals surface area contributed by atoms with E-state index in [9.17, 15) is 21.6 Å². The zero-order chi connectivity index (χ0) is 21.8. The molecule has 2 rings (SSSR count). The zero-order valence-electron chi connectivity index (χ0n) is 16.9. The quantitative estimate of drug-likeness (QED) is 0.682. The Bertz CT molecular complexity index is 1080. The Kier molecular flexibility index (Phi) is 7.20. The number of amides is 1. The number of carbonyl (C=O) groups excluding carboxylic acids is 1. The molecule has 0 fully saturated rings. The number of sulfonamides is 1. The third-order valence-corrected chi connectivity index (χ3v) is 8.46. The molecule has 0 aliphatic rings. The van der Waals surface area contributed by atoms with E-state index in [0.717, 1.165) is 0 Å². The summed E-state index contributed by atoms with van der Waals surface area (Å²) in [5.41, 5.74) is 0.785. The molecule has 0 unspecified atom stereocenters. The molecule has 0 atom stereocenters. The first-order valence-corrected chi connectivity index (χ1v) is 12.3. The van der Waals surface area contributed by atoms with Crippen LogP contribution in [0.3, 0.4) is 0 Å². The highest BCUT2D eigenvalue weighted by Gasteiger charge is 2.23. The standard InChI is InChI=1S/C20H26N2O5S2/c1-5-28(24,25)19-9-7-6-8-18(19)20(23)21-14-16-10-12-17(13-11-16)29(26,27)22(4)15(2)3/h6-13,15H,5,14H2,1-4H3,(H,21,23). The lowest BCUT2D eigenvalue weighted by Crippen LogP contribution is -2.33. The van der Waals surface area contributed by atoms with Crippen LogP contribution in [0.5, 0.6) is 0 Å². The van der Waals surface area contributed by atoms with Gasteiger partial charge >= 0.3 is 0 Å². The third kappa shape index (κ3) is 5.23. The molecule has 1 N–H and O–H groups in total. The molecule has 7 nitrogen and oxygen atoms in total. The van der Waals surface area contributed by atoms with Crippen molar-refractivity contribution in [2.24, 2.45) is 0 Å². The van der Waals surface area contributed by atoms with E-state index in [2.05, 4.69) is 5.32 Å². The van der Waals surface area contributed by atoms with Crippen molar-refractivity contribution in [3.8, 4) is 0 Å². The van der Waals surface area contributed by atoms with Gasteiger partial charge in [0.25, 0.3) is 5.91 Å². The van der Waals surface area contributed by atoms with Crippen LogP contribution in [0.4, 0.5) is 0 Å². The molecule has 0 radical (unpaired) electrons. The van der Waals surface area contributed by atoms with Gasteiger partial charge in [0.05, 0.1) is 21.1 Å². The summed E-state index contributed by atoms with van der Waals surface area (Å²) in [5, 5.41) is 2.69. The number of sulfone groups is 1. The monoisotopic (exact) mass is 438 g/mol. The lowest BCUT2D eigenvalue weighted by atomic mass is 10.2. The van der Waals surface area contributed by atoms with E-state index in [1.165, 1.54) is 42.5 Å². The highest BCUT2D eigenvalue weighted by atomic mass is 32.2. The van der Waals surface area contributed by atoms with Gasteiger partial charge in [-0.2, -0.15) is 4.31 Å². The largest absolute Gasteiger partial charge is 0.348 e. The first kappa shape index (κ1) is 23.1. The highest BCUT2D eigenvalue weighted by molar-refractivity contribution is 7.91. The predicted octanol–water partition coefficient (Wildman–Crippen LogP) is 2.44. The number of benzene rings is 2. The second-order valence-corrected chi connectivity index (χ2v) is 11.1. The Hall–Kier alpha value is -2.23. The summed E-state index contributed by atoms with van der Waals surface area (Å²) in [4.78, 5) is 12.7. The first-order chi connectivity index (χ1) is 13.5. The minimum atomic E-state index is -3.57. The van der Waals surface area contributed by atoms with E-state index in [4.69, 9.17) is 0 Å². The van der Waals surface area contributed by atoms with Crippen LogP contribution in [0.25, 0.3) is 0 Å². The smallest absolute Gasteiger partial charge is 0.252 e. The zero-order valence-corrected chi connectivity index (χ0v) is 18.5. The summed E-state index contributed by atoms with van der Waals surface area (Å²) in [6.07, 6.45) is 0. The number of nitrogens with zero attached hydrogens (tertiary/aromatic N) is 1. The van der Waals surface area contributed by atoms with Crippen LogP contribution in [-0.2, 0) is 26.4 Å². The summed E-state index contributed by atoms with van der Waals surface area (Å²) in [6, 6.07) is 12.1.